The third-order valence-electron chi connectivity index (χ3n) is 5.73. The normalized spacial score (nSPS) is 11.8. The summed E-state index contributed by atoms with van der Waals surface area (Å²) in [6.07, 6.45) is 4.96. The molecule has 3 aromatic heterocycles. The van der Waals surface area contributed by atoms with Gasteiger partial charge in [-0.3, -0.25) is 13.9 Å². The number of hydrogen-bond donors (Lipinski definition) is 0. The lowest BCUT2D eigenvalue weighted by atomic mass is 10.1. The molecule has 0 fully saturated rings. The third-order valence-corrected chi connectivity index (χ3v) is 5.73. The third kappa shape index (κ3) is 3.33. The second-order valence-electron chi connectivity index (χ2n) is 8.23. The van der Waals surface area contributed by atoms with E-state index in [1.807, 2.05) is 18.3 Å². The zero-order chi connectivity index (χ0) is 21.4. The highest BCUT2D eigenvalue weighted by molar-refractivity contribution is 5.81. The fourth-order valence-corrected chi connectivity index (χ4v) is 4.64. The fraction of sp³-hybridized carbons (Fsp3) is 0.360. The molecule has 0 saturated heterocycles. The minimum Gasteiger partial charge on any atom is -0.294 e. The Bertz CT molecular complexity index is 1200. The van der Waals surface area contributed by atoms with Gasteiger partial charge in [-0.05, 0) is 63.9 Å². The number of hydrogen-bond acceptors (Lipinski definition) is 3. The van der Waals surface area contributed by atoms with Crippen molar-refractivity contribution in [3.63, 3.8) is 0 Å². The predicted octanol–water partition coefficient (Wildman–Crippen LogP) is 5.30. The van der Waals surface area contributed by atoms with Crippen LogP contribution in [0.5, 0.6) is 0 Å². The molecule has 156 valence electrons. The van der Waals surface area contributed by atoms with E-state index in [4.69, 9.17) is 9.97 Å². The SMILES string of the molecule is C=CCN(CCC)Cc1c(C)nc2n(-c3c(C)cc(C)cc3C)c3ncccc3n12. The monoisotopic (exact) mass is 401 g/mol. The van der Waals surface area contributed by atoms with Crippen molar-refractivity contribution in [2.75, 3.05) is 13.1 Å². The largest absolute Gasteiger partial charge is 0.294 e. The second kappa shape index (κ2) is 8.07. The number of nitrogens with zero attached hydrogens (tertiary/aromatic N) is 5. The Labute approximate surface area is 178 Å². The van der Waals surface area contributed by atoms with Crippen LogP contribution in [0.25, 0.3) is 22.6 Å². The Hall–Kier alpha value is -2.92. The van der Waals surface area contributed by atoms with Gasteiger partial charge in [0, 0.05) is 19.3 Å². The maximum Gasteiger partial charge on any atom is 0.221 e. The average Bonchev–Trinajstić information content (AvgIpc) is 3.16. The van der Waals surface area contributed by atoms with Crippen LogP contribution in [0.2, 0.25) is 0 Å². The van der Waals surface area contributed by atoms with Crippen LogP contribution in [0.3, 0.4) is 0 Å². The molecule has 3 heterocycles. The number of fused-ring (bicyclic) bond motifs is 3. The van der Waals surface area contributed by atoms with Gasteiger partial charge in [0.15, 0.2) is 5.65 Å². The van der Waals surface area contributed by atoms with E-state index in [0.717, 1.165) is 48.7 Å². The molecule has 0 aliphatic rings. The molecule has 0 amide bonds. The van der Waals surface area contributed by atoms with Crippen molar-refractivity contribution >= 4 is 16.9 Å². The van der Waals surface area contributed by atoms with E-state index >= 15 is 0 Å². The van der Waals surface area contributed by atoms with E-state index in [2.05, 4.69) is 73.3 Å². The second-order valence-corrected chi connectivity index (χ2v) is 8.23. The van der Waals surface area contributed by atoms with Crippen LogP contribution >= 0.6 is 0 Å². The van der Waals surface area contributed by atoms with Gasteiger partial charge in [0.2, 0.25) is 5.78 Å². The van der Waals surface area contributed by atoms with Gasteiger partial charge in [-0.1, -0.05) is 30.7 Å². The van der Waals surface area contributed by atoms with Gasteiger partial charge >= 0.3 is 0 Å². The summed E-state index contributed by atoms with van der Waals surface area (Å²) in [7, 11) is 0. The molecule has 0 atom stereocenters. The molecule has 0 bridgehead atoms. The number of imidazole rings is 2. The van der Waals surface area contributed by atoms with Gasteiger partial charge < -0.3 is 0 Å². The van der Waals surface area contributed by atoms with Crippen LogP contribution in [-0.2, 0) is 6.54 Å². The highest BCUT2D eigenvalue weighted by Gasteiger charge is 2.22. The minimum atomic E-state index is 0.840. The van der Waals surface area contributed by atoms with Crippen LogP contribution in [0.4, 0.5) is 0 Å². The number of rotatable bonds is 7. The molecular weight excluding hydrogens is 370 g/mol. The first-order valence-corrected chi connectivity index (χ1v) is 10.7. The summed E-state index contributed by atoms with van der Waals surface area (Å²) in [5, 5.41) is 0. The van der Waals surface area contributed by atoms with Gasteiger partial charge in [0.1, 0.15) is 0 Å². The molecule has 0 saturated carbocycles. The molecule has 5 nitrogen and oxygen atoms in total. The highest BCUT2D eigenvalue weighted by atomic mass is 15.3. The van der Waals surface area contributed by atoms with Gasteiger partial charge in [0.05, 0.1) is 22.6 Å². The molecule has 4 rings (SSSR count). The Morgan fingerprint density at radius 2 is 1.87 bits per heavy atom. The standard InChI is InChI=1S/C25H31N5/c1-7-12-28(13-8-2)16-22-20(6)27-25-29(22)21-10-9-11-26-24(21)30(25)23-18(4)14-17(3)15-19(23)5/h7,9-11,14-15H,1,8,12-13,16H2,2-6H3. The van der Waals surface area contributed by atoms with E-state index < -0.39 is 0 Å². The first kappa shape index (κ1) is 20.4. The number of pyridine rings is 1. The van der Waals surface area contributed by atoms with Crippen LogP contribution in [0.1, 0.15) is 41.4 Å². The summed E-state index contributed by atoms with van der Waals surface area (Å²) in [6, 6.07) is 8.62. The van der Waals surface area contributed by atoms with Crippen molar-refractivity contribution in [2.24, 2.45) is 0 Å². The summed E-state index contributed by atoms with van der Waals surface area (Å²) in [5.41, 5.74) is 9.25. The fourth-order valence-electron chi connectivity index (χ4n) is 4.64. The Kier molecular flexibility index (Phi) is 5.48. The van der Waals surface area contributed by atoms with E-state index in [9.17, 15) is 0 Å². The van der Waals surface area contributed by atoms with Crippen LogP contribution in [-0.4, -0.2) is 36.9 Å². The molecule has 30 heavy (non-hydrogen) atoms. The Morgan fingerprint density at radius 1 is 1.13 bits per heavy atom. The lowest BCUT2D eigenvalue weighted by Gasteiger charge is -2.19. The quantitative estimate of drug-likeness (QED) is 0.394. The summed E-state index contributed by atoms with van der Waals surface area (Å²) in [4.78, 5) is 12.2. The van der Waals surface area contributed by atoms with E-state index in [-0.39, 0.29) is 0 Å². The lowest BCUT2D eigenvalue weighted by molar-refractivity contribution is 0.290. The Balaban J connectivity index is 2.01. The van der Waals surface area contributed by atoms with Crippen molar-refractivity contribution < 1.29 is 0 Å². The molecule has 5 heteroatoms. The molecule has 4 aromatic rings. The first-order valence-electron chi connectivity index (χ1n) is 10.7. The van der Waals surface area contributed by atoms with Crippen molar-refractivity contribution in [1.82, 2.24) is 23.8 Å². The molecule has 0 unspecified atom stereocenters. The topological polar surface area (TPSA) is 38.4 Å². The van der Waals surface area contributed by atoms with E-state index in [1.165, 1.54) is 28.1 Å². The van der Waals surface area contributed by atoms with E-state index in [0.29, 0.717) is 0 Å². The molecule has 0 spiro atoms. The maximum atomic E-state index is 5.04. The number of benzene rings is 1. The smallest absolute Gasteiger partial charge is 0.221 e. The van der Waals surface area contributed by atoms with Crippen LogP contribution in [0, 0.1) is 27.7 Å². The summed E-state index contributed by atoms with van der Waals surface area (Å²) in [6.45, 7) is 17.5. The lowest BCUT2D eigenvalue weighted by Crippen LogP contribution is -2.25. The zero-order valence-electron chi connectivity index (χ0n) is 18.7. The highest BCUT2D eigenvalue weighted by Crippen LogP contribution is 2.30. The van der Waals surface area contributed by atoms with Crippen molar-refractivity contribution in [3.05, 3.63) is 71.2 Å². The molecule has 0 radical (unpaired) electrons. The zero-order valence-corrected chi connectivity index (χ0v) is 18.7. The van der Waals surface area contributed by atoms with Crippen molar-refractivity contribution in [3.8, 4) is 5.69 Å². The summed E-state index contributed by atoms with van der Waals surface area (Å²) in [5.74, 6) is 0.932. The first-order chi connectivity index (χ1) is 14.5. The number of aromatic nitrogens is 4. The molecule has 1 aromatic carbocycles. The average molecular weight is 402 g/mol. The van der Waals surface area contributed by atoms with Crippen molar-refractivity contribution in [1.29, 1.82) is 0 Å². The number of aryl methyl sites for hydroxylation is 4. The van der Waals surface area contributed by atoms with Crippen molar-refractivity contribution in [2.45, 2.75) is 47.6 Å². The van der Waals surface area contributed by atoms with Gasteiger partial charge in [-0.2, -0.15) is 0 Å². The maximum absolute atomic E-state index is 5.04. The summed E-state index contributed by atoms with van der Waals surface area (Å²) >= 11 is 0. The van der Waals surface area contributed by atoms with Crippen LogP contribution < -0.4 is 0 Å². The molecule has 0 aliphatic carbocycles. The summed E-state index contributed by atoms with van der Waals surface area (Å²) < 4.78 is 4.52. The van der Waals surface area contributed by atoms with Crippen LogP contribution in [0.15, 0.2) is 43.1 Å². The Morgan fingerprint density at radius 3 is 2.53 bits per heavy atom. The predicted molar refractivity (Wildman–Crippen MR) is 125 cm³/mol. The van der Waals surface area contributed by atoms with Gasteiger partial charge in [-0.15, -0.1) is 6.58 Å². The van der Waals surface area contributed by atoms with Gasteiger partial charge in [-0.25, -0.2) is 9.97 Å². The molecular formula is C25H31N5. The van der Waals surface area contributed by atoms with E-state index in [1.54, 1.807) is 0 Å². The van der Waals surface area contributed by atoms with Gasteiger partial charge in [0.25, 0.3) is 0 Å². The molecule has 0 aliphatic heterocycles. The molecule has 0 N–H and O–H groups in total. The minimum absolute atomic E-state index is 0.840.